The quantitative estimate of drug-likeness (QED) is 0.0297. The molecule has 3 heterocycles. The Morgan fingerprint density at radius 2 is 1.71 bits per heavy atom. The van der Waals surface area contributed by atoms with E-state index in [1.807, 2.05) is 13.8 Å². The standard InChI is InChI=1S/C32H52N7O20P3S/c1-18(2)6-5-8-32(47,12-21(41)42)13-22(43)63-11-10-34-20(40)7-9-35-29(46)26(45)31(3,4)15-56-62(53,54)59-61(51,52)55-14-19-25(58-60(48,49)50)24(44)30(57-19)39-17-38-23-27(33)36-16-37-28(23)39/h6,16-17,19,24-26,30,44-45,47H,5,7-15H2,1-4H3,(H,34,40)(H,35,46)(H,41,42)(H,51,52)(H,53,54)(H2,33,36,37)(H2,48,49,50)/p-1/t19-,24-,25-,26-,30-,32?/m1/s1. The third-order valence-electron chi connectivity index (χ3n) is 8.87. The zero-order valence-electron chi connectivity index (χ0n) is 34.2. The largest absolute Gasteiger partial charge is 0.550 e. The minimum atomic E-state index is -5.61. The first-order valence-electron chi connectivity index (χ1n) is 18.6. The molecule has 1 saturated heterocycles. The SMILES string of the molecule is CC(C)=CCCC(O)(CC(=O)[O-])CC(=O)SCCNC(=O)CCNC(=O)[C@@H](O)C(C)(C)COP(=O)(O)OP(=O)(O)OC[C@H]1O[C@@H](n2cnc3c(N)ncnc32)[C@H](O)[C@@H]1OP(=O)(O)O. The highest BCUT2D eigenvalue weighted by Gasteiger charge is 2.50. The Hall–Kier alpha value is -3.27. The molecule has 2 amide bonds. The molecular weight excluding hydrogens is 927 g/mol. The molecule has 2 aromatic heterocycles. The number of aliphatic hydroxyl groups excluding tert-OH is 2. The van der Waals surface area contributed by atoms with E-state index in [0.717, 1.165) is 34.6 Å². The van der Waals surface area contributed by atoms with Crippen LogP contribution in [0.3, 0.4) is 0 Å². The van der Waals surface area contributed by atoms with E-state index in [9.17, 15) is 72.9 Å². The fraction of sp³-hybridized carbons (Fsp3) is 0.656. The third kappa shape index (κ3) is 17.6. The van der Waals surface area contributed by atoms with Gasteiger partial charge in [-0.1, -0.05) is 37.3 Å². The van der Waals surface area contributed by atoms with Crippen molar-refractivity contribution in [3.05, 3.63) is 24.3 Å². The van der Waals surface area contributed by atoms with Gasteiger partial charge in [0.15, 0.2) is 22.8 Å². The normalized spacial score (nSPS) is 21.4. The number of carbonyl (C=O) groups excluding carboxylic acids is 4. The molecule has 0 radical (unpaired) electrons. The number of anilines is 1. The van der Waals surface area contributed by atoms with E-state index in [0.29, 0.717) is 6.42 Å². The average Bonchev–Trinajstić information content (AvgIpc) is 3.70. The van der Waals surface area contributed by atoms with Crippen molar-refractivity contribution in [3.63, 3.8) is 0 Å². The lowest BCUT2D eigenvalue weighted by molar-refractivity contribution is -0.309. The molecule has 356 valence electrons. The van der Waals surface area contributed by atoms with Crippen LogP contribution in [0.4, 0.5) is 5.82 Å². The van der Waals surface area contributed by atoms with E-state index >= 15 is 0 Å². The van der Waals surface area contributed by atoms with Gasteiger partial charge < -0.3 is 65.9 Å². The smallest absolute Gasteiger partial charge is 0.481 e. The zero-order valence-corrected chi connectivity index (χ0v) is 37.7. The highest BCUT2D eigenvalue weighted by molar-refractivity contribution is 8.13. The first kappa shape index (κ1) is 54.1. The molecule has 0 spiro atoms. The Balaban J connectivity index is 1.45. The molecule has 63 heavy (non-hydrogen) atoms. The lowest BCUT2D eigenvalue weighted by Crippen LogP contribution is -2.46. The van der Waals surface area contributed by atoms with Gasteiger partial charge in [-0.3, -0.25) is 32.5 Å². The predicted octanol–water partition coefficient (Wildman–Crippen LogP) is -1.33. The lowest BCUT2D eigenvalue weighted by atomic mass is 9.87. The number of nitrogen functional groups attached to an aromatic ring is 1. The van der Waals surface area contributed by atoms with E-state index in [-0.39, 0.29) is 48.7 Å². The Bertz CT molecular complexity index is 2120. The van der Waals surface area contributed by atoms with Crippen LogP contribution < -0.4 is 21.5 Å². The number of rotatable bonds is 26. The Morgan fingerprint density at radius 1 is 1.05 bits per heavy atom. The van der Waals surface area contributed by atoms with Gasteiger partial charge in [0.25, 0.3) is 0 Å². The molecule has 11 N–H and O–H groups in total. The van der Waals surface area contributed by atoms with Crippen molar-refractivity contribution in [1.82, 2.24) is 30.2 Å². The molecule has 1 fully saturated rings. The third-order valence-corrected chi connectivity index (χ3v) is 12.8. The number of carboxylic acid groups (broad SMARTS) is 1. The van der Waals surface area contributed by atoms with Crippen LogP contribution in [0.5, 0.6) is 0 Å². The maximum absolute atomic E-state index is 12.7. The summed E-state index contributed by atoms with van der Waals surface area (Å²) in [6.07, 6.45) is -6.21. The first-order chi connectivity index (χ1) is 29.0. The molecule has 8 atom stereocenters. The number of imidazole rings is 1. The van der Waals surface area contributed by atoms with Crippen LogP contribution in [0.2, 0.25) is 0 Å². The summed E-state index contributed by atoms with van der Waals surface area (Å²) in [5.74, 6) is -3.08. The molecule has 3 unspecified atom stereocenters. The summed E-state index contributed by atoms with van der Waals surface area (Å²) in [4.78, 5) is 99.4. The van der Waals surface area contributed by atoms with E-state index in [4.69, 9.17) is 19.5 Å². The molecule has 0 bridgehead atoms. The predicted molar refractivity (Wildman–Crippen MR) is 215 cm³/mol. The maximum Gasteiger partial charge on any atom is 0.481 e. The first-order valence-corrected chi connectivity index (χ1v) is 24.1. The van der Waals surface area contributed by atoms with Crippen LogP contribution in [-0.4, -0.2) is 139 Å². The zero-order chi connectivity index (χ0) is 47.6. The molecule has 3 rings (SSSR count). The van der Waals surface area contributed by atoms with E-state index in [1.54, 1.807) is 6.08 Å². The van der Waals surface area contributed by atoms with Crippen LogP contribution >= 0.6 is 35.2 Å². The molecule has 0 aromatic carbocycles. The van der Waals surface area contributed by atoms with Gasteiger partial charge in [-0.15, -0.1) is 0 Å². The van der Waals surface area contributed by atoms with Crippen molar-refractivity contribution in [2.45, 2.75) is 96.0 Å². The number of phosphoric acid groups is 3. The topological polar surface area (TPSA) is 424 Å². The summed E-state index contributed by atoms with van der Waals surface area (Å²) < 4.78 is 62.2. The highest BCUT2D eigenvalue weighted by atomic mass is 32.2. The van der Waals surface area contributed by atoms with Gasteiger partial charge in [0, 0.05) is 49.5 Å². The number of fused-ring (bicyclic) bond motifs is 1. The molecule has 31 heteroatoms. The summed E-state index contributed by atoms with van der Waals surface area (Å²) in [6.45, 7) is 3.71. The van der Waals surface area contributed by atoms with Gasteiger partial charge in [-0.25, -0.2) is 28.6 Å². The van der Waals surface area contributed by atoms with Gasteiger partial charge in [0.05, 0.1) is 25.1 Å². The van der Waals surface area contributed by atoms with E-state index in [1.165, 1.54) is 13.8 Å². The van der Waals surface area contributed by atoms with Gasteiger partial charge in [-0.05, 0) is 26.7 Å². The summed E-state index contributed by atoms with van der Waals surface area (Å²) in [6, 6.07) is 0. The number of phosphoric ester groups is 3. The van der Waals surface area contributed by atoms with Crippen molar-refractivity contribution in [2.24, 2.45) is 5.41 Å². The van der Waals surface area contributed by atoms with Crippen LogP contribution in [0.25, 0.3) is 11.2 Å². The van der Waals surface area contributed by atoms with Crippen LogP contribution in [0.1, 0.15) is 66.0 Å². The number of nitrogens with one attached hydrogen (secondary N) is 2. The lowest BCUT2D eigenvalue weighted by Gasteiger charge is -2.30. The molecule has 1 aliphatic heterocycles. The monoisotopic (exact) mass is 978 g/mol. The van der Waals surface area contributed by atoms with Crippen LogP contribution in [-0.2, 0) is 55.5 Å². The molecule has 0 saturated carbocycles. The Labute approximate surface area is 363 Å². The number of carboxylic acids is 1. The summed E-state index contributed by atoms with van der Waals surface area (Å²) in [5.41, 5.74) is 3.32. The molecular formula is C32H51N7O20P3S-. The molecule has 0 aliphatic carbocycles. The number of ether oxygens (including phenoxy) is 1. The molecule has 1 aliphatic rings. The van der Waals surface area contributed by atoms with Crippen molar-refractivity contribution in [1.29, 1.82) is 0 Å². The minimum absolute atomic E-state index is 0.00179. The summed E-state index contributed by atoms with van der Waals surface area (Å²) in [5, 5.41) is 47.6. The van der Waals surface area contributed by atoms with Crippen LogP contribution in [0.15, 0.2) is 24.3 Å². The number of aromatic nitrogens is 4. The number of amides is 2. The van der Waals surface area contributed by atoms with Gasteiger partial charge in [0.1, 0.15) is 36.3 Å². The number of aliphatic carboxylic acids is 1. The van der Waals surface area contributed by atoms with Crippen molar-refractivity contribution >= 4 is 75.1 Å². The second kappa shape index (κ2) is 22.8. The van der Waals surface area contributed by atoms with Crippen molar-refractivity contribution < 1.29 is 95.5 Å². The number of allylic oxidation sites excluding steroid dienone is 2. The Morgan fingerprint density at radius 3 is 2.35 bits per heavy atom. The van der Waals surface area contributed by atoms with Gasteiger partial charge in [0.2, 0.25) is 11.8 Å². The minimum Gasteiger partial charge on any atom is -0.550 e. The van der Waals surface area contributed by atoms with Crippen LogP contribution in [0, 0.1) is 5.41 Å². The number of thioether (sulfide) groups is 1. The number of nitrogens with two attached hydrogens (primary N) is 1. The van der Waals surface area contributed by atoms with Crippen molar-refractivity contribution in [2.75, 3.05) is 37.8 Å². The van der Waals surface area contributed by atoms with E-state index < -0.39 is 114 Å². The fourth-order valence-electron chi connectivity index (χ4n) is 5.75. The second-order valence-electron chi connectivity index (χ2n) is 15.1. The second-order valence-corrected chi connectivity index (χ2v) is 20.4. The molecule has 2 aromatic rings. The average molecular weight is 979 g/mol. The fourth-order valence-corrected chi connectivity index (χ4v) is 9.38. The van der Waals surface area contributed by atoms with Gasteiger partial charge >= 0.3 is 23.5 Å². The summed E-state index contributed by atoms with van der Waals surface area (Å²) in [7, 11) is -16.5. The van der Waals surface area contributed by atoms with E-state index in [2.05, 4.69) is 34.4 Å². The number of carbonyl (C=O) groups is 4. The maximum atomic E-state index is 12.7. The number of nitrogens with zero attached hydrogens (tertiary/aromatic N) is 4. The number of aliphatic hydroxyl groups is 3. The Kier molecular flexibility index (Phi) is 19.5. The number of hydrogen-bond acceptors (Lipinski definition) is 21. The molecule has 27 nitrogen and oxygen atoms in total. The highest BCUT2D eigenvalue weighted by Crippen LogP contribution is 2.61. The summed E-state index contributed by atoms with van der Waals surface area (Å²) >= 11 is 0.775. The van der Waals surface area contributed by atoms with Crippen molar-refractivity contribution in [3.8, 4) is 0 Å². The van der Waals surface area contributed by atoms with Gasteiger partial charge in [-0.2, -0.15) is 4.31 Å². The number of hydrogen-bond donors (Lipinski definition) is 10.